The maximum Gasteiger partial charge on any atom is 0.335 e. The molecule has 190 valence electrons. The van der Waals surface area contributed by atoms with Crippen LogP contribution in [0.5, 0.6) is 11.5 Å². The molecular weight excluding hydrogens is 554 g/mol. The molecule has 0 radical (unpaired) electrons. The minimum atomic E-state index is -1.04. The van der Waals surface area contributed by atoms with Crippen LogP contribution >= 0.6 is 27.7 Å². The molecule has 11 heteroatoms. The van der Waals surface area contributed by atoms with Crippen molar-refractivity contribution >= 4 is 56.9 Å². The number of ether oxygens (including phenoxy) is 3. The number of amides is 2. The molecule has 1 heterocycles. The zero-order valence-corrected chi connectivity index (χ0v) is 22.2. The van der Waals surface area contributed by atoms with Crippen molar-refractivity contribution in [2.24, 2.45) is 0 Å². The second kappa shape index (κ2) is 12.1. The third-order valence-electron chi connectivity index (χ3n) is 5.03. The summed E-state index contributed by atoms with van der Waals surface area (Å²) >= 11 is 4.20. The van der Waals surface area contributed by atoms with Gasteiger partial charge < -0.3 is 19.3 Å². The number of hydrogen-bond donors (Lipinski definition) is 1. The van der Waals surface area contributed by atoms with Crippen molar-refractivity contribution in [1.82, 2.24) is 4.90 Å². The number of nitrogens with zero attached hydrogens (tertiary/aromatic N) is 1. The Bertz CT molecular complexity index is 1230. The lowest BCUT2D eigenvalue weighted by Gasteiger charge is -2.19. The molecule has 0 aromatic heterocycles. The smallest absolute Gasteiger partial charge is 0.335 e. The van der Waals surface area contributed by atoms with E-state index in [0.717, 1.165) is 16.7 Å². The van der Waals surface area contributed by atoms with Crippen LogP contribution in [0.3, 0.4) is 0 Å². The SMILES string of the molecule is CCOC(=O)[C@@H](C)N1C(=O)S/C(=C/c2cc(Br)c(OCc3cccc(C(=O)O)c3)c(OCC)c2)C1=O. The quantitative estimate of drug-likeness (QED) is 0.303. The fraction of sp³-hybridized carbons (Fsp3) is 0.280. The van der Waals surface area contributed by atoms with Crippen LogP contribution in [0.4, 0.5) is 4.79 Å². The molecule has 3 rings (SSSR count). The molecule has 36 heavy (non-hydrogen) atoms. The molecule has 1 atom stereocenters. The number of rotatable bonds is 10. The number of carboxylic acid groups (broad SMARTS) is 1. The molecular formula is C25H24BrNO8S. The van der Waals surface area contributed by atoms with Gasteiger partial charge in [-0.05, 0) is 89.9 Å². The van der Waals surface area contributed by atoms with Crippen molar-refractivity contribution in [1.29, 1.82) is 0 Å². The highest BCUT2D eigenvalue weighted by Crippen LogP contribution is 2.40. The van der Waals surface area contributed by atoms with Crippen molar-refractivity contribution in [2.75, 3.05) is 13.2 Å². The number of aromatic carboxylic acids is 1. The topological polar surface area (TPSA) is 119 Å². The van der Waals surface area contributed by atoms with E-state index in [1.807, 2.05) is 6.92 Å². The third-order valence-corrected chi connectivity index (χ3v) is 6.50. The molecule has 1 fully saturated rings. The lowest BCUT2D eigenvalue weighted by Crippen LogP contribution is -2.42. The van der Waals surface area contributed by atoms with E-state index in [1.54, 1.807) is 31.2 Å². The zero-order chi connectivity index (χ0) is 26.4. The summed E-state index contributed by atoms with van der Waals surface area (Å²) in [4.78, 5) is 49.6. The number of carbonyl (C=O) groups is 4. The van der Waals surface area contributed by atoms with E-state index >= 15 is 0 Å². The molecule has 0 aliphatic carbocycles. The Hall–Kier alpha value is -3.31. The Morgan fingerprint density at radius 1 is 1.14 bits per heavy atom. The number of halogens is 1. The standard InChI is InChI=1S/C25H24BrNO8S/c1-4-33-19-11-16(12-20-22(28)27(25(32)36-20)14(3)24(31)34-5-2)10-18(26)21(19)35-13-15-7-6-8-17(9-15)23(29)30/h6-12,14H,4-5,13H2,1-3H3,(H,29,30)/b20-12+/t14-/m1/s1. The molecule has 2 aromatic carbocycles. The van der Waals surface area contributed by atoms with E-state index in [2.05, 4.69) is 15.9 Å². The highest BCUT2D eigenvalue weighted by Gasteiger charge is 2.41. The van der Waals surface area contributed by atoms with Crippen LogP contribution in [0.1, 0.15) is 42.3 Å². The van der Waals surface area contributed by atoms with Crippen LogP contribution < -0.4 is 9.47 Å². The van der Waals surface area contributed by atoms with Crippen molar-refractivity contribution < 1.29 is 38.5 Å². The summed E-state index contributed by atoms with van der Waals surface area (Å²) in [7, 11) is 0. The lowest BCUT2D eigenvalue weighted by atomic mass is 10.1. The van der Waals surface area contributed by atoms with Gasteiger partial charge in [-0.2, -0.15) is 0 Å². The molecule has 1 N–H and O–H groups in total. The summed E-state index contributed by atoms with van der Waals surface area (Å²) in [6.45, 7) is 5.48. The van der Waals surface area contributed by atoms with Crippen molar-refractivity contribution in [3.63, 3.8) is 0 Å². The molecule has 1 aliphatic rings. The number of esters is 1. The molecule has 0 unspecified atom stereocenters. The first kappa shape index (κ1) is 27.3. The number of carbonyl (C=O) groups excluding carboxylic acids is 3. The van der Waals surface area contributed by atoms with Gasteiger partial charge in [0.1, 0.15) is 12.6 Å². The van der Waals surface area contributed by atoms with E-state index in [4.69, 9.17) is 14.2 Å². The first-order chi connectivity index (χ1) is 17.2. The minimum absolute atomic E-state index is 0.101. The average Bonchev–Trinajstić information content (AvgIpc) is 3.11. The van der Waals surface area contributed by atoms with Gasteiger partial charge in [-0.3, -0.25) is 14.5 Å². The summed E-state index contributed by atoms with van der Waals surface area (Å²) in [5.41, 5.74) is 1.39. The highest BCUT2D eigenvalue weighted by molar-refractivity contribution is 9.10. The predicted molar refractivity (Wildman–Crippen MR) is 137 cm³/mol. The lowest BCUT2D eigenvalue weighted by molar-refractivity contribution is -0.150. The number of imide groups is 1. The van der Waals surface area contributed by atoms with Crippen LogP contribution in [0.2, 0.25) is 0 Å². The molecule has 2 aromatic rings. The van der Waals surface area contributed by atoms with Gasteiger partial charge in [-0.1, -0.05) is 12.1 Å². The number of carboxylic acids is 1. The number of hydrogen-bond acceptors (Lipinski definition) is 8. The Labute approximate surface area is 220 Å². The van der Waals surface area contributed by atoms with Crippen molar-refractivity contribution in [2.45, 2.75) is 33.4 Å². The molecule has 0 spiro atoms. The van der Waals surface area contributed by atoms with Gasteiger partial charge in [0, 0.05) is 0 Å². The van der Waals surface area contributed by atoms with E-state index < -0.39 is 29.1 Å². The maximum atomic E-state index is 12.9. The van der Waals surface area contributed by atoms with Crippen LogP contribution in [-0.2, 0) is 20.9 Å². The third kappa shape index (κ3) is 6.27. The number of thioether (sulfide) groups is 1. The minimum Gasteiger partial charge on any atom is -0.490 e. The zero-order valence-electron chi connectivity index (χ0n) is 19.8. The highest BCUT2D eigenvalue weighted by atomic mass is 79.9. The summed E-state index contributed by atoms with van der Waals surface area (Å²) < 4.78 is 17.1. The van der Waals surface area contributed by atoms with E-state index in [9.17, 15) is 24.3 Å². The van der Waals surface area contributed by atoms with Gasteiger partial charge in [-0.25, -0.2) is 9.59 Å². The first-order valence-corrected chi connectivity index (χ1v) is 12.6. The van der Waals surface area contributed by atoms with E-state index in [1.165, 1.54) is 25.1 Å². The summed E-state index contributed by atoms with van der Waals surface area (Å²) in [5.74, 6) is -1.47. The normalized spacial score (nSPS) is 15.2. The summed E-state index contributed by atoms with van der Waals surface area (Å²) in [6, 6.07) is 8.75. The second-order valence-electron chi connectivity index (χ2n) is 7.54. The van der Waals surface area contributed by atoms with Crippen LogP contribution in [-0.4, -0.2) is 52.3 Å². The van der Waals surface area contributed by atoms with Crippen molar-refractivity contribution in [3.05, 3.63) is 62.5 Å². The largest absolute Gasteiger partial charge is 0.490 e. The van der Waals surface area contributed by atoms with Gasteiger partial charge in [0.15, 0.2) is 11.5 Å². The maximum absolute atomic E-state index is 12.9. The van der Waals surface area contributed by atoms with E-state index in [0.29, 0.717) is 33.7 Å². The molecule has 0 saturated carbocycles. The Kier molecular flexibility index (Phi) is 9.16. The Morgan fingerprint density at radius 3 is 2.56 bits per heavy atom. The molecule has 9 nitrogen and oxygen atoms in total. The Balaban J connectivity index is 1.85. The summed E-state index contributed by atoms with van der Waals surface area (Å²) in [5, 5.41) is 8.63. The predicted octanol–water partition coefficient (Wildman–Crippen LogP) is 5.11. The monoisotopic (exact) mass is 577 g/mol. The van der Waals surface area contributed by atoms with Gasteiger partial charge in [0.05, 0.1) is 28.2 Å². The fourth-order valence-electron chi connectivity index (χ4n) is 3.36. The van der Waals surface area contributed by atoms with E-state index in [-0.39, 0.29) is 23.7 Å². The molecule has 0 bridgehead atoms. The van der Waals surface area contributed by atoms with Gasteiger partial charge in [0.25, 0.3) is 11.1 Å². The number of benzene rings is 2. The van der Waals surface area contributed by atoms with Crippen LogP contribution in [0.15, 0.2) is 45.8 Å². The molecule has 1 saturated heterocycles. The van der Waals surface area contributed by atoms with Crippen molar-refractivity contribution in [3.8, 4) is 11.5 Å². The fourth-order valence-corrected chi connectivity index (χ4v) is 4.84. The molecule has 1 aliphatic heterocycles. The van der Waals surface area contributed by atoms with Crippen LogP contribution in [0.25, 0.3) is 6.08 Å². The second-order valence-corrected chi connectivity index (χ2v) is 9.38. The average molecular weight is 578 g/mol. The Morgan fingerprint density at radius 2 is 1.89 bits per heavy atom. The first-order valence-electron chi connectivity index (χ1n) is 11.0. The van der Waals surface area contributed by atoms with Gasteiger partial charge in [-0.15, -0.1) is 0 Å². The van der Waals surface area contributed by atoms with Gasteiger partial charge in [0.2, 0.25) is 0 Å². The summed E-state index contributed by atoms with van der Waals surface area (Å²) in [6.07, 6.45) is 1.54. The van der Waals surface area contributed by atoms with Gasteiger partial charge >= 0.3 is 11.9 Å². The van der Waals surface area contributed by atoms with Crippen LogP contribution in [0, 0.1) is 0 Å². The molecule has 2 amide bonds.